The van der Waals surface area contributed by atoms with Crippen LogP contribution < -0.4 is 10.9 Å². The number of primary sulfonamides is 1. The van der Waals surface area contributed by atoms with Crippen molar-refractivity contribution in [2.75, 3.05) is 5.73 Å². The van der Waals surface area contributed by atoms with E-state index in [9.17, 15) is 8.42 Å². The van der Waals surface area contributed by atoms with E-state index in [1.54, 1.807) is 12.1 Å². The molecule has 0 aliphatic rings. The maximum Gasteiger partial charge on any atom is 0.241 e. The lowest BCUT2D eigenvalue weighted by atomic mass is 10.3. The summed E-state index contributed by atoms with van der Waals surface area (Å²) in [5.41, 5.74) is 5.63. The topological polar surface area (TPSA) is 86.2 Å². The van der Waals surface area contributed by atoms with Gasteiger partial charge < -0.3 is 5.73 Å². The molecule has 12 heavy (non-hydrogen) atoms. The van der Waals surface area contributed by atoms with Crippen LogP contribution in [0.15, 0.2) is 23.1 Å². The molecule has 0 bridgehead atoms. The molecule has 0 spiro atoms. The summed E-state index contributed by atoms with van der Waals surface area (Å²) in [6, 6.07) is 4.81. The van der Waals surface area contributed by atoms with Crippen LogP contribution in [0.5, 0.6) is 0 Å². The maximum atomic E-state index is 11.0. The average Bonchev–Trinajstić information content (AvgIpc) is 1.82. The van der Waals surface area contributed by atoms with Gasteiger partial charge in [0.25, 0.3) is 0 Å². The van der Waals surface area contributed by atoms with Crippen LogP contribution in [0.2, 0.25) is 0 Å². The third kappa shape index (κ3) is 1.87. The summed E-state index contributed by atoms with van der Waals surface area (Å²) in [4.78, 5) is 0.00519. The lowest BCUT2D eigenvalue weighted by molar-refractivity contribution is 0.597. The van der Waals surface area contributed by atoms with Crippen molar-refractivity contribution in [2.45, 2.75) is 4.90 Å². The van der Waals surface area contributed by atoms with E-state index >= 15 is 0 Å². The zero-order chi connectivity index (χ0) is 9.35. The number of hydrogen-bond donors (Lipinski definition) is 2. The molecular formula is C6H7IN2O2S. The van der Waals surface area contributed by atoms with Crippen molar-refractivity contribution < 1.29 is 8.42 Å². The van der Waals surface area contributed by atoms with Gasteiger partial charge in [0.15, 0.2) is 0 Å². The second-order valence-corrected chi connectivity index (χ2v) is 4.86. The van der Waals surface area contributed by atoms with Gasteiger partial charge >= 0.3 is 0 Å². The fourth-order valence-electron chi connectivity index (χ4n) is 0.826. The largest absolute Gasteiger partial charge is 0.398 e. The fraction of sp³-hybridized carbons (Fsp3) is 0. The lowest BCUT2D eigenvalue weighted by Crippen LogP contribution is -2.15. The number of benzene rings is 1. The SMILES string of the molecule is Nc1cccc(I)c1S(N)(=O)=O. The molecular weight excluding hydrogens is 291 g/mol. The van der Waals surface area contributed by atoms with E-state index in [2.05, 4.69) is 0 Å². The van der Waals surface area contributed by atoms with Gasteiger partial charge in [-0.15, -0.1) is 0 Å². The minimum absolute atomic E-state index is 0.00519. The third-order valence-electron chi connectivity index (χ3n) is 1.28. The van der Waals surface area contributed by atoms with Gasteiger partial charge in [0, 0.05) is 3.57 Å². The molecule has 1 aromatic carbocycles. The second kappa shape index (κ2) is 3.19. The molecule has 4 nitrogen and oxygen atoms in total. The molecule has 0 aromatic heterocycles. The summed E-state index contributed by atoms with van der Waals surface area (Å²) >= 11 is 1.87. The molecule has 0 heterocycles. The molecule has 0 amide bonds. The molecule has 1 aromatic rings. The first-order chi connectivity index (χ1) is 5.43. The van der Waals surface area contributed by atoms with E-state index in [1.807, 2.05) is 22.6 Å². The van der Waals surface area contributed by atoms with Crippen molar-refractivity contribution in [1.82, 2.24) is 0 Å². The number of anilines is 1. The van der Waals surface area contributed by atoms with Gasteiger partial charge in [0.05, 0.1) is 5.69 Å². The van der Waals surface area contributed by atoms with Crippen LogP contribution in [-0.2, 0) is 10.0 Å². The second-order valence-electron chi connectivity index (χ2n) is 2.20. The Balaban J connectivity index is 3.53. The lowest BCUT2D eigenvalue weighted by Gasteiger charge is -2.04. The minimum atomic E-state index is -3.70. The third-order valence-corrected chi connectivity index (χ3v) is 3.57. The van der Waals surface area contributed by atoms with Crippen LogP contribution in [-0.4, -0.2) is 8.42 Å². The Hall–Kier alpha value is -0.340. The van der Waals surface area contributed by atoms with Crippen LogP contribution in [0, 0.1) is 3.57 Å². The summed E-state index contributed by atoms with van der Waals surface area (Å²) < 4.78 is 22.5. The zero-order valence-electron chi connectivity index (χ0n) is 5.99. The predicted molar refractivity (Wildman–Crippen MR) is 54.9 cm³/mol. The number of nitrogens with two attached hydrogens (primary N) is 2. The molecule has 0 aliphatic heterocycles. The van der Waals surface area contributed by atoms with Crippen molar-refractivity contribution in [2.24, 2.45) is 5.14 Å². The summed E-state index contributed by atoms with van der Waals surface area (Å²) in [6.07, 6.45) is 0. The van der Waals surface area contributed by atoms with Crippen LogP contribution >= 0.6 is 22.6 Å². The van der Waals surface area contributed by atoms with E-state index in [1.165, 1.54) is 6.07 Å². The van der Waals surface area contributed by atoms with Crippen molar-refractivity contribution in [3.63, 3.8) is 0 Å². The van der Waals surface area contributed by atoms with E-state index in [0.29, 0.717) is 3.57 Å². The number of sulfonamides is 1. The number of rotatable bonds is 1. The molecule has 0 radical (unpaired) electrons. The highest BCUT2D eigenvalue weighted by atomic mass is 127. The number of hydrogen-bond acceptors (Lipinski definition) is 3. The number of nitrogen functional groups attached to an aromatic ring is 1. The molecule has 0 atom stereocenters. The van der Waals surface area contributed by atoms with Gasteiger partial charge in [-0.1, -0.05) is 6.07 Å². The van der Waals surface area contributed by atoms with Gasteiger partial charge in [-0.3, -0.25) is 0 Å². The van der Waals surface area contributed by atoms with Gasteiger partial charge in [-0.2, -0.15) is 0 Å². The normalized spacial score (nSPS) is 11.5. The average molecular weight is 298 g/mol. The summed E-state index contributed by atoms with van der Waals surface area (Å²) in [5, 5.41) is 4.95. The molecule has 0 saturated carbocycles. The quantitative estimate of drug-likeness (QED) is 0.585. The highest BCUT2D eigenvalue weighted by Crippen LogP contribution is 2.22. The maximum absolute atomic E-state index is 11.0. The Kier molecular flexibility index (Phi) is 2.59. The van der Waals surface area contributed by atoms with Crippen molar-refractivity contribution >= 4 is 38.3 Å². The molecule has 4 N–H and O–H groups in total. The van der Waals surface area contributed by atoms with E-state index in [0.717, 1.165) is 0 Å². The Morgan fingerprint density at radius 1 is 1.33 bits per heavy atom. The standard InChI is InChI=1S/C6H7IN2O2S/c7-4-2-1-3-5(8)6(4)12(9,10)11/h1-3H,8H2,(H2,9,10,11). The monoisotopic (exact) mass is 298 g/mol. The summed E-state index contributed by atoms with van der Waals surface area (Å²) in [5.74, 6) is 0. The van der Waals surface area contributed by atoms with Gasteiger partial charge in [-0.05, 0) is 34.7 Å². The highest BCUT2D eigenvalue weighted by Gasteiger charge is 2.15. The molecule has 1 rings (SSSR count). The molecule has 0 fully saturated rings. The molecule has 0 saturated heterocycles. The molecule has 0 aliphatic carbocycles. The number of halogens is 1. The van der Waals surface area contributed by atoms with Crippen molar-refractivity contribution in [3.8, 4) is 0 Å². The fourth-order valence-corrected chi connectivity index (χ4v) is 3.00. The summed E-state index contributed by atoms with van der Waals surface area (Å²) in [6.45, 7) is 0. The summed E-state index contributed by atoms with van der Waals surface area (Å²) in [7, 11) is -3.70. The highest BCUT2D eigenvalue weighted by molar-refractivity contribution is 14.1. The van der Waals surface area contributed by atoms with E-state index in [4.69, 9.17) is 10.9 Å². The molecule has 66 valence electrons. The first kappa shape index (κ1) is 9.75. The minimum Gasteiger partial charge on any atom is -0.398 e. The first-order valence-corrected chi connectivity index (χ1v) is 5.62. The Bertz CT molecular complexity index is 382. The first-order valence-electron chi connectivity index (χ1n) is 2.99. The van der Waals surface area contributed by atoms with Crippen molar-refractivity contribution in [1.29, 1.82) is 0 Å². The van der Waals surface area contributed by atoms with Crippen LogP contribution in [0.3, 0.4) is 0 Å². The van der Waals surface area contributed by atoms with Crippen LogP contribution in [0.25, 0.3) is 0 Å². The van der Waals surface area contributed by atoms with Gasteiger partial charge in [-0.25, -0.2) is 13.6 Å². The van der Waals surface area contributed by atoms with Crippen molar-refractivity contribution in [3.05, 3.63) is 21.8 Å². The Labute approximate surface area is 84.1 Å². The zero-order valence-corrected chi connectivity index (χ0v) is 8.96. The van der Waals surface area contributed by atoms with Gasteiger partial charge in [0.1, 0.15) is 4.90 Å². The molecule has 6 heteroatoms. The Morgan fingerprint density at radius 3 is 2.25 bits per heavy atom. The van der Waals surface area contributed by atoms with Crippen LogP contribution in [0.1, 0.15) is 0 Å². The Morgan fingerprint density at radius 2 is 1.92 bits per heavy atom. The van der Waals surface area contributed by atoms with E-state index in [-0.39, 0.29) is 10.6 Å². The van der Waals surface area contributed by atoms with Gasteiger partial charge in [0.2, 0.25) is 10.0 Å². The molecule has 0 unspecified atom stereocenters. The van der Waals surface area contributed by atoms with Crippen LogP contribution in [0.4, 0.5) is 5.69 Å². The van der Waals surface area contributed by atoms with E-state index < -0.39 is 10.0 Å². The smallest absolute Gasteiger partial charge is 0.241 e. The predicted octanol–water partition coefficient (Wildman–Crippen LogP) is 0.521.